The van der Waals surface area contributed by atoms with E-state index in [9.17, 15) is 13.2 Å². The first-order chi connectivity index (χ1) is 11.8. The van der Waals surface area contributed by atoms with E-state index in [1.165, 1.54) is 6.07 Å². The van der Waals surface area contributed by atoms with Gasteiger partial charge in [-0.3, -0.25) is 9.88 Å². The molecule has 0 amide bonds. The number of anilines is 1. The maximum atomic E-state index is 12.6. The number of hydrogen-bond acceptors (Lipinski definition) is 5. The smallest absolute Gasteiger partial charge is 0.353 e. The van der Waals surface area contributed by atoms with Crippen molar-refractivity contribution in [3.63, 3.8) is 0 Å². The van der Waals surface area contributed by atoms with E-state index in [0.717, 1.165) is 44.3 Å². The Morgan fingerprint density at radius 1 is 0.880 bits per heavy atom. The van der Waals surface area contributed by atoms with Gasteiger partial charge < -0.3 is 4.90 Å². The Bertz CT molecular complexity index is 690. The van der Waals surface area contributed by atoms with Crippen molar-refractivity contribution < 1.29 is 13.2 Å². The number of alkyl halides is 3. The lowest BCUT2D eigenvalue weighted by atomic mass is 10.2. The van der Waals surface area contributed by atoms with Crippen LogP contribution in [0.4, 0.5) is 19.0 Å². The lowest BCUT2D eigenvalue weighted by molar-refractivity contribution is -0.137. The predicted octanol–water partition coefficient (Wildman–Crippen LogP) is 3.09. The molecule has 3 heterocycles. The Morgan fingerprint density at radius 2 is 1.56 bits per heavy atom. The fourth-order valence-corrected chi connectivity index (χ4v) is 2.80. The molecule has 0 bridgehead atoms. The molecule has 134 valence electrons. The summed E-state index contributed by atoms with van der Waals surface area (Å²) in [7, 11) is 0. The number of hydrogen-bond donors (Lipinski definition) is 0. The van der Waals surface area contributed by atoms with E-state index >= 15 is 0 Å². The van der Waals surface area contributed by atoms with E-state index in [2.05, 4.69) is 38.6 Å². The van der Waals surface area contributed by atoms with Crippen LogP contribution >= 0.6 is 0 Å². The molecule has 2 aromatic heterocycles. The maximum Gasteiger partial charge on any atom is 0.417 e. The summed E-state index contributed by atoms with van der Waals surface area (Å²) < 4.78 is 37.7. The van der Waals surface area contributed by atoms with Crippen molar-refractivity contribution in [2.45, 2.75) is 26.1 Å². The monoisotopic (exact) mass is 351 g/mol. The molecule has 5 nitrogen and oxygen atoms in total. The van der Waals surface area contributed by atoms with Crippen LogP contribution in [0.5, 0.6) is 0 Å². The first-order valence-corrected chi connectivity index (χ1v) is 8.19. The van der Waals surface area contributed by atoms with Gasteiger partial charge in [0.05, 0.1) is 23.7 Å². The molecular formula is C17H20F3N5. The molecule has 0 atom stereocenters. The van der Waals surface area contributed by atoms with Crippen molar-refractivity contribution in [3.05, 3.63) is 36.3 Å². The standard InChI is InChI=1S/C17H20F3N5/c1-12(2)24-5-7-25(8-6-24)16-11-22-15(10-23-16)14-4-3-13(9-21-14)17(18,19)20/h3-4,9-12H,5-8H2,1-2H3. The molecule has 1 aliphatic heterocycles. The van der Waals surface area contributed by atoms with E-state index in [0.29, 0.717) is 17.4 Å². The lowest BCUT2D eigenvalue weighted by Gasteiger charge is -2.37. The highest BCUT2D eigenvalue weighted by atomic mass is 19.4. The number of piperazine rings is 1. The average Bonchev–Trinajstić information content (AvgIpc) is 2.61. The Morgan fingerprint density at radius 3 is 2.04 bits per heavy atom. The fraction of sp³-hybridized carbons (Fsp3) is 0.471. The van der Waals surface area contributed by atoms with Gasteiger partial charge in [-0.1, -0.05) is 0 Å². The zero-order chi connectivity index (χ0) is 18.0. The van der Waals surface area contributed by atoms with Crippen molar-refractivity contribution in [2.24, 2.45) is 0 Å². The third-order valence-corrected chi connectivity index (χ3v) is 4.36. The van der Waals surface area contributed by atoms with Gasteiger partial charge >= 0.3 is 6.18 Å². The highest BCUT2D eigenvalue weighted by Gasteiger charge is 2.30. The highest BCUT2D eigenvalue weighted by molar-refractivity contribution is 5.54. The molecule has 0 saturated carbocycles. The van der Waals surface area contributed by atoms with Crippen LogP contribution in [0.25, 0.3) is 11.4 Å². The van der Waals surface area contributed by atoms with E-state index in [1.807, 2.05) is 0 Å². The first kappa shape index (κ1) is 17.6. The summed E-state index contributed by atoms with van der Waals surface area (Å²) >= 11 is 0. The third-order valence-electron chi connectivity index (χ3n) is 4.36. The van der Waals surface area contributed by atoms with Crippen LogP contribution < -0.4 is 4.90 Å². The molecule has 25 heavy (non-hydrogen) atoms. The molecule has 0 radical (unpaired) electrons. The van der Waals surface area contributed by atoms with Crippen LogP contribution in [-0.4, -0.2) is 52.1 Å². The molecule has 3 rings (SSSR count). The van der Waals surface area contributed by atoms with E-state index in [1.54, 1.807) is 12.4 Å². The second-order valence-corrected chi connectivity index (χ2v) is 6.31. The quantitative estimate of drug-likeness (QED) is 0.850. The van der Waals surface area contributed by atoms with Crippen LogP contribution in [0.2, 0.25) is 0 Å². The summed E-state index contributed by atoms with van der Waals surface area (Å²) in [5, 5.41) is 0. The third kappa shape index (κ3) is 4.07. The Balaban J connectivity index is 1.68. The molecule has 0 N–H and O–H groups in total. The minimum atomic E-state index is -4.39. The van der Waals surface area contributed by atoms with Crippen molar-refractivity contribution in [2.75, 3.05) is 31.1 Å². The molecule has 1 aliphatic rings. The first-order valence-electron chi connectivity index (χ1n) is 8.19. The average molecular weight is 351 g/mol. The van der Waals surface area contributed by atoms with Gasteiger partial charge in [0.25, 0.3) is 0 Å². The van der Waals surface area contributed by atoms with Crippen molar-refractivity contribution in [1.29, 1.82) is 0 Å². The summed E-state index contributed by atoms with van der Waals surface area (Å²) in [5.74, 6) is 0.777. The predicted molar refractivity (Wildman–Crippen MR) is 89.2 cm³/mol. The summed E-state index contributed by atoms with van der Waals surface area (Å²) in [6.07, 6.45) is -0.366. The Hall–Kier alpha value is -2.22. The number of halogens is 3. The molecule has 0 unspecified atom stereocenters. The Labute approximate surface area is 144 Å². The van der Waals surface area contributed by atoms with Crippen LogP contribution in [0.1, 0.15) is 19.4 Å². The van der Waals surface area contributed by atoms with Crippen molar-refractivity contribution in [3.8, 4) is 11.4 Å². The number of rotatable bonds is 3. The van der Waals surface area contributed by atoms with Gasteiger partial charge in [0.15, 0.2) is 0 Å². The maximum absolute atomic E-state index is 12.6. The molecule has 8 heteroatoms. The number of aromatic nitrogens is 3. The fourth-order valence-electron chi connectivity index (χ4n) is 2.80. The van der Waals surface area contributed by atoms with Gasteiger partial charge in [-0.2, -0.15) is 13.2 Å². The Kier molecular flexibility index (Phi) is 4.89. The normalized spacial score (nSPS) is 16.5. The molecule has 0 aliphatic carbocycles. The van der Waals surface area contributed by atoms with Gasteiger partial charge in [-0.15, -0.1) is 0 Å². The second-order valence-electron chi connectivity index (χ2n) is 6.31. The molecule has 0 spiro atoms. The molecule has 0 aromatic carbocycles. The van der Waals surface area contributed by atoms with Gasteiger partial charge in [-0.25, -0.2) is 9.97 Å². The minimum Gasteiger partial charge on any atom is -0.353 e. The largest absolute Gasteiger partial charge is 0.417 e. The molecule has 1 fully saturated rings. The van der Waals surface area contributed by atoms with Crippen LogP contribution in [0.15, 0.2) is 30.7 Å². The molecule has 1 saturated heterocycles. The van der Waals surface area contributed by atoms with Crippen LogP contribution in [0, 0.1) is 0 Å². The van der Waals surface area contributed by atoms with E-state index in [4.69, 9.17) is 0 Å². The zero-order valence-corrected chi connectivity index (χ0v) is 14.2. The minimum absolute atomic E-state index is 0.372. The summed E-state index contributed by atoms with van der Waals surface area (Å²) in [6, 6.07) is 2.85. The van der Waals surface area contributed by atoms with Crippen molar-refractivity contribution >= 4 is 5.82 Å². The van der Waals surface area contributed by atoms with Gasteiger partial charge in [0.2, 0.25) is 0 Å². The molecule has 2 aromatic rings. The van der Waals surface area contributed by atoms with Crippen LogP contribution in [0.3, 0.4) is 0 Å². The summed E-state index contributed by atoms with van der Waals surface area (Å²) in [4.78, 5) is 17.1. The second kappa shape index (κ2) is 6.95. The van der Waals surface area contributed by atoms with Crippen molar-refractivity contribution in [1.82, 2.24) is 19.9 Å². The van der Waals surface area contributed by atoms with Gasteiger partial charge in [0, 0.05) is 38.4 Å². The summed E-state index contributed by atoms with van der Waals surface area (Å²) in [5.41, 5.74) is 0.0545. The van der Waals surface area contributed by atoms with Gasteiger partial charge in [0.1, 0.15) is 11.5 Å². The zero-order valence-electron chi connectivity index (χ0n) is 14.2. The number of pyridine rings is 1. The number of nitrogens with zero attached hydrogens (tertiary/aromatic N) is 5. The summed E-state index contributed by atoms with van der Waals surface area (Å²) in [6.45, 7) is 8.07. The van der Waals surface area contributed by atoms with E-state index < -0.39 is 11.7 Å². The van der Waals surface area contributed by atoms with Crippen LogP contribution in [-0.2, 0) is 6.18 Å². The topological polar surface area (TPSA) is 45.2 Å². The molecular weight excluding hydrogens is 331 g/mol. The van der Waals surface area contributed by atoms with Gasteiger partial charge in [-0.05, 0) is 26.0 Å². The highest BCUT2D eigenvalue weighted by Crippen LogP contribution is 2.29. The van der Waals surface area contributed by atoms with E-state index in [-0.39, 0.29) is 0 Å². The SMILES string of the molecule is CC(C)N1CCN(c2cnc(-c3ccc(C(F)(F)F)cn3)cn2)CC1. The lowest BCUT2D eigenvalue weighted by Crippen LogP contribution is -2.49.